The van der Waals surface area contributed by atoms with E-state index in [0.717, 1.165) is 11.3 Å². The summed E-state index contributed by atoms with van der Waals surface area (Å²) in [5, 5.41) is 25.0. The van der Waals surface area contributed by atoms with Crippen LogP contribution in [-0.4, -0.2) is 167 Å². The van der Waals surface area contributed by atoms with E-state index in [1.165, 1.54) is 26.0 Å². The number of benzene rings is 2. The standard InChI is InChI=1S/C65H97Br2N9O13/c1-16-39(8)56(48(88-15)34-50(78)75-33-23-26-47(75)40(9)41(10)58(80)68-42(11)57(79)45-24-19-17-20-25-45)73(13)64(86)54(37(4)5)72-61(83)55(38(6)7)74(14)65(87)89-35-44-28-30-46(31-29-44)70-59(81)43(12)69-60(82)53(36(2)3)71-49(77)27-21-18-22-32-76-62(84)51(66)52(67)63(76)85/h17,19-20,24-25,28-31,36-43,47-48,53-57,79H,16,18,21-23,26-27,32-35H2,1-15H3,(H,68,80)(H,69,82)(H,70,81)(H,71,77)(H,72,83)/t39-,40+,41?,42+,43-,47?,48+,53-,54-,55-,56-,57+/m0/s1. The topological polar surface area (TPSA) is 282 Å². The first-order valence-electron chi connectivity index (χ1n) is 31.1. The van der Waals surface area contributed by atoms with E-state index in [2.05, 4.69) is 58.4 Å². The van der Waals surface area contributed by atoms with E-state index in [4.69, 9.17) is 9.47 Å². The van der Waals surface area contributed by atoms with Gasteiger partial charge in [-0.1, -0.05) is 125 Å². The maximum Gasteiger partial charge on any atom is 0.410 e. The van der Waals surface area contributed by atoms with E-state index >= 15 is 0 Å². The van der Waals surface area contributed by atoms with E-state index in [-0.39, 0.29) is 76.5 Å². The number of ether oxygens (including phenoxy) is 2. The van der Waals surface area contributed by atoms with Crippen molar-refractivity contribution in [3.8, 4) is 0 Å². The zero-order valence-electron chi connectivity index (χ0n) is 54.5. The zero-order valence-corrected chi connectivity index (χ0v) is 57.7. The van der Waals surface area contributed by atoms with Crippen molar-refractivity contribution in [2.24, 2.45) is 35.5 Å². The molecule has 6 N–H and O–H groups in total. The van der Waals surface area contributed by atoms with Crippen LogP contribution in [-0.2, 0) is 59.2 Å². The Balaban J connectivity index is 1.30. The van der Waals surface area contributed by atoms with E-state index in [9.17, 15) is 53.1 Å². The number of methoxy groups -OCH3 is 1. The molecule has 2 aromatic carbocycles. The van der Waals surface area contributed by atoms with Gasteiger partial charge in [-0.25, -0.2) is 4.79 Å². The molecule has 0 spiro atoms. The van der Waals surface area contributed by atoms with Crippen molar-refractivity contribution >= 4 is 96.8 Å². The molecule has 2 unspecified atom stereocenters. The van der Waals surface area contributed by atoms with Gasteiger partial charge < -0.3 is 51.0 Å². The minimum Gasteiger partial charge on any atom is -0.445 e. The summed E-state index contributed by atoms with van der Waals surface area (Å²) in [6.07, 6.45) is 1.32. The summed E-state index contributed by atoms with van der Waals surface area (Å²) >= 11 is 6.21. The molecule has 89 heavy (non-hydrogen) atoms. The lowest BCUT2D eigenvalue weighted by Gasteiger charge is -2.41. The average molecular weight is 1370 g/mol. The third-order valence-electron chi connectivity index (χ3n) is 17.3. The summed E-state index contributed by atoms with van der Waals surface area (Å²) in [4.78, 5) is 140. The average Bonchev–Trinajstić information content (AvgIpc) is 2.57. The molecule has 2 aliphatic rings. The van der Waals surface area contributed by atoms with Crippen LogP contribution < -0.4 is 26.6 Å². The van der Waals surface area contributed by atoms with Crippen LogP contribution in [0.2, 0.25) is 0 Å². The predicted molar refractivity (Wildman–Crippen MR) is 346 cm³/mol. The predicted octanol–water partition coefficient (Wildman–Crippen LogP) is 7.71. The van der Waals surface area contributed by atoms with E-state index in [0.29, 0.717) is 55.5 Å². The number of nitrogens with zero attached hydrogens (tertiary/aromatic N) is 4. The Morgan fingerprint density at radius 1 is 0.708 bits per heavy atom. The number of aliphatic hydroxyl groups excluding tert-OH is 1. The molecule has 1 fully saturated rings. The molecule has 4 rings (SSSR count). The second-order valence-corrected chi connectivity index (χ2v) is 26.5. The van der Waals surface area contributed by atoms with Gasteiger partial charge >= 0.3 is 6.09 Å². The van der Waals surface area contributed by atoms with Crippen molar-refractivity contribution in [1.29, 1.82) is 0 Å². The minimum absolute atomic E-state index is 0.0294. The minimum atomic E-state index is -1.05. The molecule has 2 heterocycles. The quantitative estimate of drug-likeness (QED) is 0.0295. The molecule has 2 aliphatic heterocycles. The van der Waals surface area contributed by atoms with Crippen LogP contribution >= 0.6 is 31.9 Å². The van der Waals surface area contributed by atoms with Gasteiger partial charge in [-0.3, -0.25) is 53.0 Å². The molecule has 0 bridgehead atoms. The third-order valence-corrected chi connectivity index (χ3v) is 19.3. The number of anilines is 1. The van der Waals surface area contributed by atoms with Crippen molar-refractivity contribution in [2.75, 3.05) is 39.6 Å². The molecule has 0 saturated carbocycles. The number of halogens is 2. The number of aliphatic hydroxyl groups is 1. The fraction of sp³-hybridized carbons (Fsp3) is 0.631. The summed E-state index contributed by atoms with van der Waals surface area (Å²) in [5.74, 6) is -5.51. The Bertz CT molecular complexity index is 2780. The largest absolute Gasteiger partial charge is 0.445 e. The molecule has 1 saturated heterocycles. The van der Waals surface area contributed by atoms with Crippen molar-refractivity contribution in [2.45, 2.75) is 196 Å². The van der Waals surface area contributed by atoms with Gasteiger partial charge in [0.1, 0.15) is 39.7 Å². The molecule has 24 heteroatoms. The first-order valence-corrected chi connectivity index (χ1v) is 32.7. The normalized spacial score (nSPS) is 18.1. The lowest BCUT2D eigenvalue weighted by Crippen LogP contribution is -2.60. The van der Waals surface area contributed by atoms with Gasteiger partial charge in [0, 0.05) is 58.4 Å². The molecule has 12 atom stereocenters. The van der Waals surface area contributed by atoms with Gasteiger partial charge in [-0.15, -0.1) is 0 Å². The van der Waals surface area contributed by atoms with Crippen LogP contribution in [0.4, 0.5) is 10.5 Å². The Kier molecular flexibility index (Phi) is 29.9. The Labute approximate surface area is 542 Å². The second kappa shape index (κ2) is 35.4. The van der Waals surface area contributed by atoms with E-state index in [1.54, 1.807) is 70.8 Å². The molecule has 22 nitrogen and oxygen atoms in total. The molecule has 2 aromatic rings. The van der Waals surface area contributed by atoms with Gasteiger partial charge in [0.05, 0.1) is 30.7 Å². The number of rotatable bonds is 33. The number of carbonyl (C=O) groups excluding carboxylic acids is 10. The van der Waals surface area contributed by atoms with Crippen LogP contribution in [0, 0.1) is 35.5 Å². The fourth-order valence-corrected chi connectivity index (χ4v) is 12.2. The fourth-order valence-electron chi connectivity index (χ4n) is 11.4. The highest BCUT2D eigenvalue weighted by Gasteiger charge is 2.43. The summed E-state index contributed by atoms with van der Waals surface area (Å²) < 4.78 is 12.1. The lowest BCUT2D eigenvalue weighted by molar-refractivity contribution is -0.146. The molecule has 0 aliphatic carbocycles. The molecular weight excluding hydrogens is 1270 g/mol. The smallest absolute Gasteiger partial charge is 0.410 e. The second-order valence-electron chi connectivity index (χ2n) is 24.9. The Morgan fingerprint density at radius 3 is 1.88 bits per heavy atom. The monoisotopic (exact) mass is 1370 g/mol. The van der Waals surface area contributed by atoms with Gasteiger partial charge in [-0.2, -0.15) is 0 Å². The summed E-state index contributed by atoms with van der Waals surface area (Å²) in [6, 6.07) is 10.3. The van der Waals surface area contributed by atoms with Gasteiger partial charge in [0.2, 0.25) is 41.4 Å². The van der Waals surface area contributed by atoms with Gasteiger partial charge in [0.25, 0.3) is 11.8 Å². The van der Waals surface area contributed by atoms with Gasteiger partial charge in [0.15, 0.2) is 0 Å². The summed E-state index contributed by atoms with van der Waals surface area (Å²) in [7, 11) is 4.63. The highest BCUT2D eigenvalue weighted by atomic mass is 79.9. The van der Waals surface area contributed by atoms with Crippen molar-refractivity contribution in [1.82, 2.24) is 40.9 Å². The SMILES string of the molecule is CC[C@H](C)[C@@H]([C@@H](CC(=O)N1CCCC1[C@H](C)C(C)C(=O)N[C@H](C)[C@@H](O)c1ccccc1)OC)N(C)C(=O)[C@@H](NC(=O)[C@H](C(C)C)N(C)C(=O)OCc1ccc(NC(=O)[C@H](C)NC(=O)[C@@H](NC(=O)CCCCCN2C(=O)C(Br)=C(Br)C2=O)C(C)C)cc1)C(C)C. The number of hydrogen-bond acceptors (Lipinski definition) is 13. The molecule has 494 valence electrons. The molecule has 0 radical (unpaired) electrons. The number of likely N-dealkylation sites (tertiary alicyclic amines) is 1. The number of amides is 10. The first-order chi connectivity index (χ1) is 41.9. The first kappa shape index (κ1) is 75.2. The summed E-state index contributed by atoms with van der Waals surface area (Å²) in [6.45, 7) is 22.4. The van der Waals surface area contributed by atoms with Crippen LogP contribution in [0.25, 0.3) is 0 Å². The van der Waals surface area contributed by atoms with Crippen LogP contribution in [0.3, 0.4) is 0 Å². The lowest BCUT2D eigenvalue weighted by atomic mass is 9.86. The van der Waals surface area contributed by atoms with Crippen molar-refractivity contribution in [3.05, 3.63) is 74.7 Å². The third kappa shape index (κ3) is 20.6. The maximum atomic E-state index is 14.7. The highest BCUT2D eigenvalue weighted by molar-refractivity contribution is 9.14. The van der Waals surface area contributed by atoms with Crippen LogP contribution in [0.15, 0.2) is 63.6 Å². The number of hydrogen-bond donors (Lipinski definition) is 6. The molecule has 10 amide bonds. The zero-order chi connectivity index (χ0) is 66.7. The number of nitrogens with one attached hydrogen (secondary N) is 5. The number of imide groups is 1. The van der Waals surface area contributed by atoms with Crippen molar-refractivity contribution in [3.63, 3.8) is 0 Å². The number of likely N-dealkylation sites (N-methyl/N-ethyl adjacent to an activating group) is 2. The van der Waals surface area contributed by atoms with E-state index < -0.39 is 108 Å². The van der Waals surface area contributed by atoms with Gasteiger partial charge in [-0.05, 0) is 124 Å². The molecular formula is C65H97Br2N9O13. The number of unbranched alkanes of at least 4 members (excludes halogenated alkanes) is 2. The van der Waals surface area contributed by atoms with E-state index in [1.807, 2.05) is 76.8 Å². The van der Waals surface area contributed by atoms with Crippen molar-refractivity contribution < 1.29 is 62.5 Å². The summed E-state index contributed by atoms with van der Waals surface area (Å²) in [5.41, 5.74) is 1.66. The van der Waals surface area contributed by atoms with Crippen LogP contribution in [0.5, 0.6) is 0 Å². The Morgan fingerprint density at radius 2 is 1.31 bits per heavy atom. The highest BCUT2D eigenvalue weighted by Crippen LogP contribution is 2.33. The van der Waals surface area contributed by atoms with Crippen LogP contribution in [0.1, 0.15) is 152 Å². The maximum absolute atomic E-state index is 14.7. The number of carbonyl (C=O) groups is 10. The Hall–Kier alpha value is -6.24. The molecule has 0 aromatic heterocycles.